The molecule has 0 fully saturated rings. The molecule has 0 aliphatic carbocycles. The van der Waals surface area contributed by atoms with Crippen LogP contribution in [0.5, 0.6) is 11.5 Å². The van der Waals surface area contributed by atoms with Gasteiger partial charge in [0.05, 0.1) is 25.4 Å². The second-order valence-electron chi connectivity index (χ2n) is 6.63. The summed E-state index contributed by atoms with van der Waals surface area (Å²) in [5, 5.41) is 7.00. The summed E-state index contributed by atoms with van der Waals surface area (Å²) in [5.74, 6) is 0.978. The van der Waals surface area contributed by atoms with Gasteiger partial charge in [-0.2, -0.15) is 0 Å². The second kappa shape index (κ2) is 11.7. The summed E-state index contributed by atoms with van der Waals surface area (Å²) in [7, 11) is 4.56. The number of hydrogen-bond donors (Lipinski definition) is 1. The summed E-state index contributed by atoms with van der Waals surface area (Å²) in [6.45, 7) is 0.388. The van der Waals surface area contributed by atoms with Crippen molar-refractivity contribution in [3.05, 3.63) is 47.5 Å². The van der Waals surface area contributed by atoms with Crippen LogP contribution in [0.1, 0.15) is 28.8 Å². The first-order valence-corrected chi connectivity index (χ1v) is 9.71. The highest BCUT2D eigenvalue weighted by Gasteiger charge is 2.24. The van der Waals surface area contributed by atoms with Crippen molar-refractivity contribution in [2.24, 2.45) is 4.99 Å². The lowest BCUT2D eigenvalue weighted by molar-refractivity contribution is -0.108. The second-order valence-corrected chi connectivity index (χ2v) is 6.63. The van der Waals surface area contributed by atoms with E-state index in [0.29, 0.717) is 42.2 Å². The van der Waals surface area contributed by atoms with Crippen molar-refractivity contribution >= 4 is 30.2 Å². The SMILES string of the molecule is CO.COc1cc(C=O)c(N=CC2Cc3ccccc3N2C)cc1OCCCC=O. The molecule has 1 aliphatic heterocycles. The zero-order chi connectivity index (χ0) is 21.9. The summed E-state index contributed by atoms with van der Waals surface area (Å²) in [5.41, 5.74) is 3.45. The van der Waals surface area contributed by atoms with E-state index in [1.807, 2.05) is 25.4 Å². The van der Waals surface area contributed by atoms with E-state index >= 15 is 0 Å². The number of rotatable bonds is 9. The van der Waals surface area contributed by atoms with E-state index < -0.39 is 0 Å². The standard InChI is InChI=1S/C22H24N2O4.CH4O/c1-24-18(11-16-7-3-4-8-20(16)24)14-23-19-13-22(28-10-6-5-9-25)21(27-2)12-17(19)15-26;1-2/h3-4,7-9,12-15,18H,5-6,10-11H2,1-2H3;2H,1H3. The maximum Gasteiger partial charge on any atom is 0.163 e. The van der Waals surface area contributed by atoms with Crippen molar-refractivity contribution in [1.29, 1.82) is 0 Å². The molecule has 7 nitrogen and oxygen atoms in total. The molecule has 2 aromatic carbocycles. The van der Waals surface area contributed by atoms with Gasteiger partial charge in [-0.15, -0.1) is 0 Å². The van der Waals surface area contributed by atoms with Crippen LogP contribution in [0.3, 0.4) is 0 Å². The van der Waals surface area contributed by atoms with Gasteiger partial charge in [0, 0.05) is 44.1 Å². The molecule has 7 heteroatoms. The number of likely N-dealkylation sites (N-methyl/N-ethyl adjacent to an activating group) is 1. The number of benzene rings is 2. The van der Waals surface area contributed by atoms with E-state index in [9.17, 15) is 9.59 Å². The molecule has 3 rings (SSSR count). The van der Waals surface area contributed by atoms with Crippen LogP contribution < -0.4 is 14.4 Å². The molecule has 0 bridgehead atoms. The number of carbonyl (C=O) groups excluding carboxylic acids is 2. The van der Waals surface area contributed by atoms with Gasteiger partial charge in [-0.1, -0.05) is 18.2 Å². The normalized spacial score (nSPS) is 14.7. The minimum atomic E-state index is 0.121. The highest BCUT2D eigenvalue weighted by Crippen LogP contribution is 2.35. The van der Waals surface area contributed by atoms with Crippen LogP contribution in [-0.4, -0.2) is 57.8 Å². The molecule has 1 aliphatic rings. The molecular weight excluding hydrogens is 384 g/mol. The van der Waals surface area contributed by atoms with Gasteiger partial charge in [-0.3, -0.25) is 9.79 Å². The van der Waals surface area contributed by atoms with Crippen molar-refractivity contribution in [2.45, 2.75) is 25.3 Å². The number of ether oxygens (including phenoxy) is 2. The lowest BCUT2D eigenvalue weighted by atomic mass is 10.1. The van der Waals surface area contributed by atoms with Crippen LogP contribution in [0.25, 0.3) is 0 Å². The van der Waals surface area contributed by atoms with E-state index in [-0.39, 0.29) is 6.04 Å². The zero-order valence-corrected chi connectivity index (χ0v) is 17.6. The van der Waals surface area contributed by atoms with Gasteiger partial charge in [-0.25, -0.2) is 0 Å². The van der Waals surface area contributed by atoms with Crippen molar-refractivity contribution in [2.75, 3.05) is 32.8 Å². The molecular formula is C23H28N2O5. The largest absolute Gasteiger partial charge is 0.493 e. The number of nitrogens with zero attached hydrogens (tertiary/aromatic N) is 2. The Labute approximate surface area is 177 Å². The Balaban J connectivity index is 0.00000155. The van der Waals surface area contributed by atoms with Crippen LogP contribution in [0, 0.1) is 0 Å². The molecule has 1 N–H and O–H groups in total. The van der Waals surface area contributed by atoms with Gasteiger partial charge in [0.25, 0.3) is 0 Å². The molecule has 0 spiro atoms. The quantitative estimate of drug-likeness (QED) is 0.386. The minimum absolute atomic E-state index is 0.121. The highest BCUT2D eigenvalue weighted by molar-refractivity contribution is 5.88. The molecule has 1 unspecified atom stereocenters. The zero-order valence-electron chi connectivity index (χ0n) is 17.6. The maximum absolute atomic E-state index is 11.5. The number of unbranched alkanes of at least 4 members (excludes halogenated alkanes) is 1. The predicted octanol–water partition coefficient (Wildman–Crippen LogP) is 3.24. The van der Waals surface area contributed by atoms with Crippen LogP contribution in [-0.2, 0) is 11.2 Å². The Morgan fingerprint density at radius 3 is 2.63 bits per heavy atom. The van der Waals surface area contributed by atoms with Gasteiger partial charge >= 0.3 is 0 Å². The third-order valence-corrected chi connectivity index (χ3v) is 4.85. The lowest BCUT2D eigenvalue weighted by Gasteiger charge is -2.19. The first kappa shape index (κ1) is 23.1. The van der Waals surface area contributed by atoms with Crippen molar-refractivity contribution in [1.82, 2.24) is 0 Å². The van der Waals surface area contributed by atoms with E-state index in [1.165, 1.54) is 18.4 Å². The van der Waals surface area contributed by atoms with E-state index in [1.54, 1.807) is 12.1 Å². The fraction of sp³-hybridized carbons (Fsp3) is 0.348. The predicted molar refractivity (Wildman–Crippen MR) is 118 cm³/mol. The monoisotopic (exact) mass is 412 g/mol. The Morgan fingerprint density at radius 2 is 1.97 bits per heavy atom. The number of aldehydes is 2. The minimum Gasteiger partial charge on any atom is -0.493 e. The van der Waals surface area contributed by atoms with Crippen LogP contribution in [0.2, 0.25) is 0 Å². The lowest BCUT2D eigenvalue weighted by Crippen LogP contribution is -2.28. The Morgan fingerprint density at radius 1 is 1.20 bits per heavy atom. The van der Waals surface area contributed by atoms with Crippen molar-refractivity contribution < 1.29 is 24.2 Å². The molecule has 1 atom stereocenters. The first-order chi connectivity index (χ1) is 14.7. The number of fused-ring (bicyclic) bond motifs is 1. The summed E-state index contributed by atoms with van der Waals surface area (Å²) < 4.78 is 11.1. The number of aliphatic imine (C=N–C) groups is 1. The van der Waals surface area contributed by atoms with Crippen LogP contribution in [0.15, 0.2) is 41.4 Å². The third-order valence-electron chi connectivity index (χ3n) is 4.85. The van der Waals surface area contributed by atoms with Gasteiger partial charge in [0.1, 0.15) is 6.29 Å². The molecule has 30 heavy (non-hydrogen) atoms. The maximum atomic E-state index is 11.5. The fourth-order valence-corrected chi connectivity index (χ4v) is 3.28. The molecule has 0 radical (unpaired) electrons. The third kappa shape index (κ3) is 5.45. The molecule has 1 heterocycles. The average Bonchev–Trinajstić information content (AvgIpc) is 3.12. The number of hydrogen-bond acceptors (Lipinski definition) is 7. The molecule has 0 saturated carbocycles. The van der Waals surface area contributed by atoms with Gasteiger partial charge in [0.2, 0.25) is 0 Å². The number of methoxy groups -OCH3 is 1. The molecule has 2 aromatic rings. The van der Waals surface area contributed by atoms with Gasteiger partial charge in [-0.05, 0) is 30.5 Å². The van der Waals surface area contributed by atoms with E-state index in [0.717, 1.165) is 26.1 Å². The van der Waals surface area contributed by atoms with E-state index in [2.05, 4.69) is 22.0 Å². The number of para-hydroxylation sites is 1. The molecule has 160 valence electrons. The number of carbonyl (C=O) groups is 2. The highest BCUT2D eigenvalue weighted by atomic mass is 16.5. The van der Waals surface area contributed by atoms with Crippen molar-refractivity contribution in [3.8, 4) is 11.5 Å². The average molecular weight is 412 g/mol. The fourth-order valence-electron chi connectivity index (χ4n) is 3.28. The van der Waals surface area contributed by atoms with Crippen LogP contribution >= 0.6 is 0 Å². The Bertz CT molecular complexity index is 882. The first-order valence-electron chi connectivity index (χ1n) is 9.71. The molecule has 0 aromatic heterocycles. The van der Waals surface area contributed by atoms with Crippen molar-refractivity contribution in [3.63, 3.8) is 0 Å². The topological polar surface area (TPSA) is 88.4 Å². The molecule has 0 amide bonds. The summed E-state index contributed by atoms with van der Waals surface area (Å²) in [4.78, 5) is 28.7. The number of anilines is 1. The van der Waals surface area contributed by atoms with Gasteiger partial charge in [0.15, 0.2) is 17.8 Å². The van der Waals surface area contributed by atoms with Gasteiger partial charge < -0.3 is 24.3 Å². The Hall–Kier alpha value is -3.19. The summed E-state index contributed by atoms with van der Waals surface area (Å²) in [6, 6.07) is 11.7. The van der Waals surface area contributed by atoms with Crippen LogP contribution in [0.4, 0.5) is 11.4 Å². The smallest absolute Gasteiger partial charge is 0.163 e. The van der Waals surface area contributed by atoms with E-state index in [4.69, 9.17) is 14.6 Å². The summed E-state index contributed by atoms with van der Waals surface area (Å²) in [6.07, 6.45) is 5.42. The Kier molecular flexibility index (Phi) is 9.03. The summed E-state index contributed by atoms with van der Waals surface area (Å²) >= 11 is 0. The number of aliphatic hydroxyl groups is 1. The number of aliphatic hydroxyl groups excluding tert-OH is 1. The molecule has 0 saturated heterocycles.